The van der Waals surface area contributed by atoms with Crippen molar-refractivity contribution in [3.8, 4) is 0 Å². The molecule has 4 atom stereocenters. The molecule has 1 aliphatic rings. The number of halogens is 2. The summed E-state index contributed by atoms with van der Waals surface area (Å²) in [6.07, 6.45) is 2.26. The van der Waals surface area contributed by atoms with E-state index in [4.69, 9.17) is 37.3 Å². The summed E-state index contributed by atoms with van der Waals surface area (Å²) < 4.78 is 67.9. The van der Waals surface area contributed by atoms with Gasteiger partial charge in [-0.15, -0.1) is 20.5 Å². The molecule has 0 unspecified atom stereocenters. The molecule has 1 fully saturated rings. The molecule has 12 nitrogen and oxygen atoms in total. The SMILES string of the molecule is C[C@@H]1CNC(C)(C)C[C@H](C)N[C@@H](C)CNC(C)(C)C[C@@H](C)N1.[Cu+2].[O-][Cl+3]([O-])([O-])[O-].[O-][Cl+3]([O-])([O-])[O-]. The summed E-state index contributed by atoms with van der Waals surface area (Å²) in [4.78, 5) is 0. The van der Waals surface area contributed by atoms with E-state index >= 15 is 0 Å². The van der Waals surface area contributed by atoms with Crippen LogP contribution < -0.4 is 58.5 Å². The molecule has 0 saturated carbocycles. The van der Waals surface area contributed by atoms with E-state index in [1.165, 1.54) is 0 Å². The number of hydrogen-bond acceptors (Lipinski definition) is 12. The van der Waals surface area contributed by atoms with Crippen molar-refractivity contribution < 1.29 is 74.8 Å². The Kier molecular flexibility index (Phi) is 18.9. The van der Waals surface area contributed by atoms with E-state index in [0.717, 1.165) is 25.9 Å². The van der Waals surface area contributed by atoms with Gasteiger partial charge < -0.3 is 21.3 Å². The molecule has 0 spiro atoms. The van der Waals surface area contributed by atoms with Crippen LogP contribution in [0.3, 0.4) is 0 Å². The summed E-state index contributed by atoms with van der Waals surface area (Å²) in [7, 11) is -9.89. The van der Waals surface area contributed by atoms with Gasteiger partial charge in [0.05, 0.1) is 0 Å². The molecule has 15 heteroatoms. The Bertz CT molecular complexity index is 455. The third-order valence-corrected chi connectivity index (χ3v) is 4.54. The van der Waals surface area contributed by atoms with E-state index in [-0.39, 0.29) is 28.1 Å². The van der Waals surface area contributed by atoms with Crippen LogP contribution in [0.25, 0.3) is 0 Å². The van der Waals surface area contributed by atoms with Crippen LogP contribution in [0, 0.1) is 20.5 Å². The van der Waals surface area contributed by atoms with Gasteiger partial charge in [-0.2, -0.15) is 0 Å². The Morgan fingerprint density at radius 3 is 0.970 bits per heavy atom. The third kappa shape index (κ3) is 32.6. The molecule has 0 aromatic rings. The first-order chi connectivity index (χ1) is 14.0. The van der Waals surface area contributed by atoms with Crippen molar-refractivity contribution in [2.24, 2.45) is 0 Å². The fourth-order valence-corrected chi connectivity index (χ4v) is 3.74. The predicted octanol–water partition coefficient (Wildman–Crippen LogP) is -7.26. The Morgan fingerprint density at radius 2 is 0.758 bits per heavy atom. The van der Waals surface area contributed by atoms with Crippen LogP contribution in [0.2, 0.25) is 0 Å². The number of rotatable bonds is 0. The molecule has 0 aromatic heterocycles. The first kappa shape index (κ1) is 38.2. The molecule has 1 aliphatic heterocycles. The van der Waals surface area contributed by atoms with Crippen molar-refractivity contribution in [3.05, 3.63) is 0 Å². The second kappa shape index (κ2) is 16.4. The van der Waals surface area contributed by atoms with Gasteiger partial charge in [-0.25, -0.2) is 37.3 Å². The Labute approximate surface area is 212 Å². The van der Waals surface area contributed by atoms with Crippen LogP contribution in [0.5, 0.6) is 0 Å². The van der Waals surface area contributed by atoms with Crippen LogP contribution in [0.4, 0.5) is 0 Å². The molecule has 1 rings (SSSR count). The first-order valence-electron chi connectivity index (χ1n) is 10.2. The summed E-state index contributed by atoms with van der Waals surface area (Å²) in [5.74, 6) is 0. The minimum absolute atomic E-state index is 0. The molecule has 4 N–H and O–H groups in total. The Hall–Kier alpha value is 0.619. The maximum atomic E-state index is 8.49. The summed E-state index contributed by atoms with van der Waals surface area (Å²) >= 11 is 0. The standard InChI is InChI=1S/C18H40N4.2ClHO4.Cu/c1-13-9-17(5,6)19-12-16(4)22-14(2)10-18(7,8)20-11-15(3)21-13;2*2-1(3,4)5;/h13-16,19-22H,9-12H2,1-8H3;2*(H,2,3,4,5);/q;;;+2/p-2/t13-,14+,15-,16+;;;. The van der Waals surface area contributed by atoms with E-state index in [0.29, 0.717) is 24.2 Å². The summed E-state index contributed by atoms with van der Waals surface area (Å²) in [6, 6.07) is 1.98. The minimum atomic E-state index is -4.94. The number of hydrogen-bond donors (Lipinski definition) is 4. The van der Waals surface area contributed by atoms with Gasteiger partial charge in [-0.1, -0.05) is 0 Å². The normalized spacial score (nSPS) is 29.1. The summed E-state index contributed by atoms with van der Waals surface area (Å²) in [5.41, 5.74) is 0.310. The van der Waals surface area contributed by atoms with Gasteiger partial charge in [0.25, 0.3) is 0 Å². The Balaban J connectivity index is -0.000000686. The quantitative estimate of drug-likeness (QED) is 0.198. The van der Waals surface area contributed by atoms with Crippen molar-refractivity contribution in [1.82, 2.24) is 21.3 Å². The molecule has 0 aromatic carbocycles. The second-order valence-electron chi connectivity index (χ2n) is 9.63. The summed E-state index contributed by atoms with van der Waals surface area (Å²) in [5, 5.41) is 14.9. The van der Waals surface area contributed by atoms with Crippen LogP contribution >= 0.6 is 0 Å². The second-order valence-corrected chi connectivity index (χ2v) is 11.1. The van der Waals surface area contributed by atoms with Crippen LogP contribution in [0.15, 0.2) is 0 Å². The average molecular weight is 575 g/mol. The van der Waals surface area contributed by atoms with Crippen LogP contribution in [-0.2, 0) is 17.1 Å². The maximum absolute atomic E-state index is 8.49. The van der Waals surface area contributed by atoms with Gasteiger partial charge in [0.1, 0.15) is 0 Å². The van der Waals surface area contributed by atoms with Crippen molar-refractivity contribution in [1.29, 1.82) is 0 Å². The zero-order chi connectivity index (χ0) is 26.0. The molecule has 0 amide bonds. The molecular formula is C18H40Cl2CuN4O8. The van der Waals surface area contributed by atoms with Crippen molar-refractivity contribution in [2.45, 2.75) is 103 Å². The third-order valence-electron chi connectivity index (χ3n) is 4.54. The smallest absolute Gasteiger partial charge is 0.310 e. The van der Waals surface area contributed by atoms with E-state index < -0.39 is 20.5 Å². The van der Waals surface area contributed by atoms with Crippen molar-refractivity contribution >= 4 is 0 Å². The topological polar surface area (TPSA) is 233 Å². The summed E-state index contributed by atoms with van der Waals surface area (Å²) in [6.45, 7) is 20.4. The molecular weight excluding hydrogens is 535 g/mol. The van der Waals surface area contributed by atoms with Crippen LogP contribution in [0.1, 0.15) is 68.2 Å². The molecule has 1 radical (unpaired) electrons. The fraction of sp³-hybridized carbons (Fsp3) is 1.00. The van der Waals surface area contributed by atoms with E-state index in [2.05, 4.69) is 76.7 Å². The van der Waals surface area contributed by atoms with Gasteiger partial charge >= 0.3 is 17.1 Å². The monoisotopic (exact) mass is 573 g/mol. The first-order valence-corrected chi connectivity index (χ1v) is 12.7. The molecule has 33 heavy (non-hydrogen) atoms. The van der Waals surface area contributed by atoms with Gasteiger partial charge in [-0.3, -0.25) is 0 Å². The largest absolute Gasteiger partial charge is 2.00 e. The fourth-order valence-electron chi connectivity index (χ4n) is 3.74. The van der Waals surface area contributed by atoms with E-state index in [9.17, 15) is 0 Å². The zero-order valence-electron chi connectivity index (χ0n) is 20.5. The molecule has 0 aliphatic carbocycles. The van der Waals surface area contributed by atoms with E-state index in [1.54, 1.807) is 0 Å². The zero-order valence-corrected chi connectivity index (χ0v) is 22.9. The minimum Gasteiger partial charge on any atom is -0.310 e. The van der Waals surface area contributed by atoms with Crippen molar-refractivity contribution in [2.75, 3.05) is 13.1 Å². The maximum Gasteiger partial charge on any atom is 2.00 e. The molecule has 1 saturated heterocycles. The predicted molar refractivity (Wildman–Crippen MR) is 97.5 cm³/mol. The van der Waals surface area contributed by atoms with E-state index in [1.807, 2.05) is 0 Å². The Morgan fingerprint density at radius 1 is 0.545 bits per heavy atom. The number of nitrogens with one attached hydrogen (secondary N) is 4. The van der Waals surface area contributed by atoms with Gasteiger partial charge in [0.15, 0.2) is 0 Å². The van der Waals surface area contributed by atoms with Crippen LogP contribution in [-0.4, -0.2) is 48.3 Å². The molecule has 1 heterocycles. The molecule has 0 bridgehead atoms. The van der Waals surface area contributed by atoms with Gasteiger partial charge in [0.2, 0.25) is 0 Å². The van der Waals surface area contributed by atoms with Gasteiger partial charge in [0, 0.05) is 48.3 Å². The average Bonchev–Trinajstić information content (AvgIpc) is 2.46. The van der Waals surface area contributed by atoms with Crippen molar-refractivity contribution in [3.63, 3.8) is 0 Å². The van der Waals surface area contributed by atoms with Gasteiger partial charge in [-0.05, 0) is 68.2 Å². The molecule has 205 valence electrons.